The first kappa shape index (κ1) is 8.28. The standard InChI is InChI=1S/C10H14O/c1-2-10(11)8-9-6-4-3-5-7-9/h2,4,6-7,10-11H,1,3,5,8H2. The highest BCUT2D eigenvalue weighted by Crippen LogP contribution is 2.14. The molecule has 0 saturated carbocycles. The van der Waals surface area contributed by atoms with Crippen molar-refractivity contribution < 1.29 is 5.11 Å². The minimum atomic E-state index is -0.385. The minimum Gasteiger partial charge on any atom is -0.389 e. The molecule has 0 bridgehead atoms. The van der Waals surface area contributed by atoms with Gasteiger partial charge in [0.2, 0.25) is 0 Å². The van der Waals surface area contributed by atoms with Crippen molar-refractivity contribution in [2.75, 3.05) is 0 Å². The summed E-state index contributed by atoms with van der Waals surface area (Å²) in [7, 11) is 0. The van der Waals surface area contributed by atoms with Crippen LogP contribution < -0.4 is 0 Å². The molecule has 0 saturated heterocycles. The van der Waals surface area contributed by atoms with Gasteiger partial charge in [0.1, 0.15) is 0 Å². The van der Waals surface area contributed by atoms with Crippen molar-refractivity contribution >= 4 is 0 Å². The Morgan fingerprint density at radius 3 is 3.00 bits per heavy atom. The second-order valence-electron chi connectivity index (χ2n) is 2.77. The van der Waals surface area contributed by atoms with Crippen LogP contribution >= 0.6 is 0 Å². The van der Waals surface area contributed by atoms with Crippen LogP contribution in [0.5, 0.6) is 0 Å². The Morgan fingerprint density at radius 1 is 1.64 bits per heavy atom. The first-order valence-electron chi connectivity index (χ1n) is 3.99. The molecule has 0 aliphatic heterocycles. The lowest BCUT2D eigenvalue weighted by Gasteiger charge is -2.08. The van der Waals surface area contributed by atoms with Crippen molar-refractivity contribution in [2.24, 2.45) is 0 Å². The number of aliphatic hydroxyl groups is 1. The largest absolute Gasteiger partial charge is 0.389 e. The van der Waals surface area contributed by atoms with E-state index in [1.807, 2.05) is 0 Å². The Balaban J connectivity index is 2.42. The molecule has 1 N–H and O–H groups in total. The van der Waals surface area contributed by atoms with Crippen molar-refractivity contribution in [1.82, 2.24) is 0 Å². The summed E-state index contributed by atoms with van der Waals surface area (Å²) in [5.74, 6) is 0. The highest BCUT2D eigenvalue weighted by atomic mass is 16.3. The molecule has 0 amide bonds. The van der Waals surface area contributed by atoms with Crippen LogP contribution in [-0.4, -0.2) is 11.2 Å². The number of allylic oxidation sites excluding steroid dienone is 3. The zero-order valence-electron chi connectivity index (χ0n) is 6.66. The lowest BCUT2D eigenvalue weighted by atomic mass is 10.0. The maximum Gasteiger partial charge on any atom is 0.0758 e. The van der Waals surface area contributed by atoms with E-state index in [0.717, 1.165) is 12.8 Å². The third-order valence-corrected chi connectivity index (χ3v) is 1.79. The Hall–Kier alpha value is -0.820. The van der Waals surface area contributed by atoms with Crippen LogP contribution in [0.4, 0.5) is 0 Å². The van der Waals surface area contributed by atoms with E-state index in [-0.39, 0.29) is 6.10 Å². The maximum absolute atomic E-state index is 9.22. The number of hydrogen-bond acceptors (Lipinski definition) is 1. The fourth-order valence-corrected chi connectivity index (χ4v) is 1.14. The van der Waals surface area contributed by atoms with Gasteiger partial charge in [-0.15, -0.1) is 6.58 Å². The Kier molecular flexibility index (Phi) is 3.12. The van der Waals surface area contributed by atoms with E-state index < -0.39 is 0 Å². The molecule has 0 heterocycles. The Morgan fingerprint density at radius 2 is 2.45 bits per heavy atom. The molecule has 1 heteroatoms. The zero-order valence-corrected chi connectivity index (χ0v) is 6.66. The third kappa shape index (κ3) is 2.72. The molecule has 0 aromatic rings. The normalized spacial score (nSPS) is 19.2. The van der Waals surface area contributed by atoms with Gasteiger partial charge in [0.05, 0.1) is 6.10 Å². The van der Waals surface area contributed by atoms with Crippen LogP contribution in [0.2, 0.25) is 0 Å². The van der Waals surface area contributed by atoms with Gasteiger partial charge in [0.25, 0.3) is 0 Å². The van der Waals surface area contributed by atoms with E-state index in [0.29, 0.717) is 6.42 Å². The summed E-state index contributed by atoms with van der Waals surface area (Å²) < 4.78 is 0. The van der Waals surface area contributed by atoms with Crippen molar-refractivity contribution in [3.63, 3.8) is 0 Å². The summed E-state index contributed by atoms with van der Waals surface area (Å²) in [6, 6.07) is 0. The molecule has 0 aromatic carbocycles. The highest BCUT2D eigenvalue weighted by Gasteiger charge is 2.02. The molecule has 1 atom stereocenters. The molecule has 1 unspecified atom stereocenters. The van der Waals surface area contributed by atoms with Gasteiger partial charge in [-0.1, -0.05) is 24.3 Å². The molecular formula is C10H14O. The fourth-order valence-electron chi connectivity index (χ4n) is 1.14. The fraction of sp³-hybridized carbons (Fsp3) is 0.400. The van der Waals surface area contributed by atoms with Gasteiger partial charge >= 0.3 is 0 Å². The Labute approximate surface area is 67.7 Å². The second-order valence-corrected chi connectivity index (χ2v) is 2.77. The molecule has 0 radical (unpaired) electrons. The van der Waals surface area contributed by atoms with Crippen LogP contribution in [-0.2, 0) is 0 Å². The molecule has 0 spiro atoms. The molecule has 1 nitrogen and oxygen atoms in total. The first-order chi connectivity index (χ1) is 5.33. The third-order valence-electron chi connectivity index (χ3n) is 1.79. The summed E-state index contributed by atoms with van der Waals surface area (Å²) in [5.41, 5.74) is 1.23. The first-order valence-corrected chi connectivity index (χ1v) is 3.99. The lowest BCUT2D eigenvalue weighted by Crippen LogP contribution is -2.02. The van der Waals surface area contributed by atoms with Gasteiger partial charge in [-0.25, -0.2) is 0 Å². The lowest BCUT2D eigenvalue weighted by molar-refractivity contribution is 0.225. The SMILES string of the molecule is C=CC(O)CC1=CCCC=C1. The predicted octanol–water partition coefficient (Wildman–Crippen LogP) is 2.20. The molecular weight excluding hydrogens is 136 g/mol. The van der Waals surface area contributed by atoms with Crippen LogP contribution in [0, 0.1) is 0 Å². The summed E-state index contributed by atoms with van der Waals surface area (Å²) in [6.07, 6.45) is 10.5. The topological polar surface area (TPSA) is 20.2 Å². The highest BCUT2D eigenvalue weighted by molar-refractivity contribution is 5.23. The molecule has 0 fully saturated rings. The van der Waals surface area contributed by atoms with E-state index in [1.165, 1.54) is 5.57 Å². The average Bonchev–Trinajstić information content (AvgIpc) is 2.06. The molecule has 1 rings (SSSR count). The van der Waals surface area contributed by atoms with Gasteiger partial charge in [0, 0.05) is 6.42 Å². The van der Waals surface area contributed by atoms with Gasteiger partial charge in [-0.05, 0) is 18.4 Å². The minimum absolute atomic E-state index is 0.385. The smallest absolute Gasteiger partial charge is 0.0758 e. The van der Waals surface area contributed by atoms with Crippen molar-refractivity contribution in [3.8, 4) is 0 Å². The van der Waals surface area contributed by atoms with E-state index in [1.54, 1.807) is 6.08 Å². The van der Waals surface area contributed by atoms with Gasteiger partial charge < -0.3 is 5.11 Å². The summed E-state index contributed by atoms with van der Waals surface area (Å²) in [5, 5.41) is 9.22. The molecule has 11 heavy (non-hydrogen) atoms. The van der Waals surface area contributed by atoms with E-state index in [9.17, 15) is 5.11 Å². The number of aliphatic hydroxyl groups excluding tert-OH is 1. The molecule has 0 aromatic heterocycles. The summed E-state index contributed by atoms with van der Waals surface area (Å²) in [4.78, 5) is 0. The maximum atomic E-state index is 9.22. The van der Waals surface area contributed by atoms with E-state index in [2.05, 4.69) is 24.8 Å². The van der Waals surface area contributed by atoms with Gasteiger partial charge in [0.15, 0.2) is 0 Å². The predicted molar refractivity (Wildman–Crippen MR) is 47.3 cm³/mol. The quantitative estimate of drug-likeness (QED) is 0.611. The second kappa shape index (κ2) is 4.14. The number of hydrogen-bond donors (Lipinski definition) is 1. The van der Waals surface area contributed by atoms with Crippen LogP contribution in [0.1, 0.15) is 19.3 Å². The number of rotatable bonds is 3. The van der Waals surface area contributed by atoms with Gasteiger partial charge in [-0.2, -0.15) is 0 Å². The van der Waals surface area contributed by atoms with E-state index in [4.69, 9.17) is 0 Å². The van der Waals surface area contributed by atoms with Crippen LogP contribution in [0.15, 0.2) is 36.5 Å². The average molecular weight is 150 g/mol. The van der Waals surface area contributed by atoms with Gasteiger partial charge in [-0.3, -0.25) is 0 Å². The van der Waals surface area contributed by atoms with Crippen molar-refractivity contribution in [2.45, 2.75) is 25.4 Å². The van der Waals surface area contributed by atoms with E-state index >= 15 is 0 Å². The monoisotopic (exact) mass is 150 g/mol. The van der Waals surface area contributed by atoms with Crippen molar-refractivity contribution in [3.05, 3.63) is 36.5 Å². The molecule has 60 valence electrons. The Bertz CT molecular complexity index is 189. The molecule has 1 aliphatic carbocycles. The van der Waals surface area contributed by atoms with Crippen molar-refractivity contribution in [1.29, 1.82) is 0 Å². The van der Waals surface area contributed by atoms with Crippen LogP contribution in [0.25, 0.3) is 0 Å². The summed E-state index contributed by atoms with van der Waals surface area (Å²) in [6.45, 7) is 3.52. The summed E-state index contributed by atoms with van der Waals surface area (Å²) >= 11 is 0. The zero-order chi connectivity index (χ0) is 8.10. The van der Waals surface area contributed by atoms with Crippen LogP contribution in [0.3, 0.4) is 0 Å². The molecule has 1 aliphatic rings.